The van der Waals surface area contributed by atoms with Gasteiger partial charge in [-0.2, -0.15) is 5.10 Å². The van der Waals surface area contributed by atoms with Gasteiger partial charge in [0.15, 0.2) is 5.82 Å². The Hall–Kier alpha value is -2.23. The Kier molecular flexibility index (Phi) is 3.49. The van der Waals surface area contributed by atoms with E-state index < -0.39 is 0 Å². The van der Waals surface area contributed by atoms with Crippen LogP contribution in [0.2, 0.25) is 0 Å². The van der Waals surface area contributed by atoms with Crippen LogP contribution in [0.5, 0.6) is 0 Å². The smallest absolute Gasteiger partial charge is 0.150 e. The first-order valence-electron chi connectivity index (χ1n) is 6.60. The van der Waals surface area contributed by atoms with Crippen molar-refractivity contribution in [1.29, 1.82) is 0 Å². The van der Waals surface area contributed by atoms with Crippen molar-refractivity contribution in [3.05, 3.63) is 54.7 Å². The summed E-state index contributed by atoms with van der Waals surface area (Å²) in [5.74, 6) is 0.833. The standard InChI is InChI=1S/C15H16N4/c1-2-6-14-13(5-1)8-12-19(14)11-4-3-7-15-16-9-10-17-18-15/h1-2,5-6,8-10,12H,3-4,7,11H2. The van der Waals surface area contributed by atoms with E-state index in [0.717, 1.165) is 31.6 Å². The van der Waals surface area contributed by atoms with Gasteiger partial charge in [-0.3, -0.25) is 0 Å². The number of aromatic nitrogens is 4. The highest BCUT2D eigenvalue weighted by molar-refractivity contribution is 5.79. The third-order valence-electron chi connectivity index (χ3n) is 3.26. The molecule has 4 heteroatoms. The van der Waals surface area contributed by atoms with E-state index in [-0.39, 0.29) is 0 Å². The Morgan fingerprint density at radius 2 is 1.95 bits per heavy atom. The van der Waals surface area contributed by atoms with Crippen molar-refractivity contribution in [3.63, 3.8) is 0 Å². The van der Waals surface area contributed by atoms with Gasteiger partial charge < -0.3 is 4.57 Å². The summed E-state index contributed by atoms with van der Waals surface area (Å²) in [5, 5.41) is 9.14. The third-order valence-corrected chi connectivity index (χ3v) is 3.26. The minimum atomic E-state index is 0.833. The van der Waals surface area contributed by atoms with Gasteiger partial charge in [-0.1, -0.05) is 18.2 Å². The van der Waals surface area contributed by atoms with Crippen LogP contribution in [0.3, 0.4) is 0 Å². The van der Waals surface area contributed by atoms with Crippen molar-refractivity contribution in [2.45, 2.75) is 25.8 Å². The summed E-state index contributed by atoms with van der Waals surface area (Å²) in [5.41, 5.74) is 1.31. The summed E-state index contributed by atoms with van der Waals surface area (Å²) < 4.78 is 2.30. The van der Waals surface area contributed by atoms with Gasteiger partial charge >= 0.3 is 0 Å². The average Bonchev–Trinajstić information content (AvgIpc) is 2.88. The van der Waals surface area contributed by atoms with Crippen molar-refractivity contribution in [2.24, 2.45) is 0 Å². The number of para-hydroxylation sites is 1. The summed E-state index contributed by atoms with van der Waals surface area (Å²) in [6.07, 6.45) is 8.56. The van der Waals surface area contributed by atoms with Gasteiger partial charge in [-0.05, 0) is 30.4 Å². The molecule has 0 radical (unpaired) electrons. The third kappa shape index (κ3) is 2.78. The topological polar surface area (TPSA) is 43.6 Å². The van der Waals surface area contributed by atoms with E-state index in [0.29, 0.717) is 0 Å². The number of nitrogens with zero attached hydrogens (tertiary/aromatic N) is 4. The average molecular weight is 252 g/mol. The molecule has 0 aliphatic rings. The number of rotatable bonds is 5. The number of unbranched alkanes of at least 4 members (excludes halogenated alkanes) is 1. The molecule has 2 heterocycles. The predicted molar refractivity (Wildman–Crippen MR) is 74.7 cm³/mol. The fourth-order valence-electron chi connectivity index (χ4n) is 2.29. The maximum atomic E-state index is 4.18. The second-order valence-corrected chi connectivity index (χ2v) is 4.58. The summed E-state index contributed by atoms with van der Waals surface area (Å²) in [6, 6.07) is 10.6. The molecule has 0 fully saturated rings. The number of aryl methyl sites for hydroxylation is 2. The van der Waals surface area contributed by atoms with E-state index in [4.69, 9.17) is 0 Å². The van der Waals surface area contributed by atoms with Crippen LogP contribution in [0.1, 0.15) is 18.7 Å². The summed E-state index contributed by atoms with van der Waals surface area (Å²) >= 11 is 0. The molecule has 0 spiro atoms. The highest BCUT2D eigenvalue weighted by Crippen LogP contribution is 2.15. The first-order chi connectivity index (χ1) is 9.43. The monoisotopic (exact) mass is 252 g/mol. The number of hydrogen-bond donors (Lipinski definition) is 0. The normalized spacial score (nSPS) is 10.9. The van der Waals surface area contributed by atoms with Crippen LogP contribution in [0.25, 0.3) is 10.9 Å². The van der Waals surface area contributed by atoms with Gasteiger partial charge in [-0.15, -0.1) is 5.10 Å². The minimum absolute atomic E-state index is 0.833. The Morgan fingerprint density at radius 3 is 2.84 bits per heavy atom. The number of fused-ring (bicyclic) bond motifs is 1. The highest BCUT2D eigenvalue weighted by Gasteiger charge is 2.00. The van der Waals surface area contributed by atoms with E-state index in [9.17, 15) is 0 Å². The SMILES string of the molecule is c1ccc2c(c1)ccn2CCCCc1nccnn1. The second kappa shape index (κ2) is 5.61. The van der Waals surface area contributed by atoms with Gasteiger partial charge in [0.1, 0.15) is 0 Å². The zero-order valence-corrected chi connectivity index (χ0v) is 10.7. The molecule has 0 aliphatic carbocycles. The molecule has 3 aromatic rings. The molecule has 0 atom stereocenters. The van der Waals surface area contributed by atoms with Crippen molar-refractivity contribution in [2.75, 3.05) is 0 Å². The van der Waals surface area contributed by atoms with E-state index in [1.165, 1.54) is 10.9 Å². The summed E-state index contributed by atoms with van der Waals surface area (Å²) in [4.78, 5) is 4.18. The Morgan fingerprint density at radius 1 is 1.00 bits per heavy atom. The van der Waals surface area contributed by atoms with E-state index in [1.807, 2.05) is 0 Å². The Bertz CT molecular complexity index is 645. The number of benzene rings is 1. The Balaban J connectivity index is 1.55. The van der Waals surface area contributed by atoms with Crippen LogP contribution in [0.4, 0.5) is 0 Å². The van der Waals surface area contributed by atoms with E-state index in [1.54, 1.807) is 12.4 Å². The fraction of sp³-hybridized carbons (Fsp3) is 0.267. The first kappa shape index (κ1) is 11.8. The molecular weight excluding hydrogens is 236 g/mol. The molecule has 0 amide bonds. The van der Waals surface area contributed by atoms with Crippen LogP contribution >= 0.6 is 0 Å². The molecule has 0 N–H and O–H groups in total. The highest BCUT2D eigenvalue weighted by atomic mass is 15.1. The minimum Gasteiger partial charge on any atom is -0.347 e. The first-order valence-corrected chi connectivity index (χ1v) is 6.60. The van der Waals surface area contributed by atoms with Gasteiger partial charge in [0.2, 0.25) is 0 Å². The van der Waals surface area contributed by atoms with Gasteiger partial charge in [0.05, 0.1) is 6.20 Å². The van der Waals surface area contributed by atoms with Crippen molar-refractivity contribution < 1.29 is 0 Å². The van der Waals surface area contributed by atoms with Crippen molar-refractivity contribution in [1.82, 2.24) is 19.7 Å². The molecule has 0 bridgehead atoms. The largest absolute Gasteiger partial charge is 0.347 e. The maximum absolute atomic E-state index is 4.18. The van der Waals surface area contributed by atoms with E-state index in [2.05, 4.69) is 56.3 Å². The van der Waals surface area contributed by atoms with Crippen LogP contribution < -0.4 is 0 Å². The molecule has 19 heavy (non-hydrogen) atoms. The molecule has 0 saturated heterocycles. The molecule has 2 aromatic heterocycles. The lowest BCUT2D eigenvalue weighted by Gasteiger charge is -2.04. The Labute approximate surface area is 112 Å². The molecule has 3 rings (SSSR count). The van der Waals surface area contributed by atoms with Crippen molar-refractivity contribution in [3.8, 4) is 0 Å². The van der Waals surface area contributed by atoms with Gasteiger partial charge in [-0.25, -0.2) is 4.98 Å². The molecule has 0 aliphatic heterocycles. The van der Waals surface area contributed by atoms with Gasteiger partial charge in [0, 0.05) is 30.9 Å². The van der Waals surface area contributed by atoms with Crippen LogP contribution in [0.15, 0.2) is 48.9 Å². The lowest BCUT2D eigenvalue weighted by Crippen LogP contribution is -1.99. The summed E-state index contributed by atoms with van der Waals surface area (Å²) in [6.45, 7) is 1.04. The summed E-state index contributed by atoms with van der Waals surface area (Å²) in [7, 11) is 0. The van der Waals surface area contributed by atoms with E-state index >= 15 is 0 Å². The number of hydrogen-bond acceptors (Lipinski definition) is 3. The fourth-order valence-corrected chi connectivity index (χ4v) is 2.29. The zero-order chi connectivity index (χ0) is 12.9. The van der Waals surface area contributed by atoms with Crippen LogP contribution in [0, 0.1) is 0 Å². The lowest BCUT2D eigenvalue weighted by atomic mass is 10.2. The van der Waals surface area contributed by atoms with Gasteiger partial charge in [0.25, 0.3) is 0 Å². The molecule has 1 aromatic carbocycles. The quantitative estimate of drug-likeness (QED) is 0.656. The van der Waals surface area contributed by atoms with Crippen LogP contribution in [-0.4, -0.2) is 19.7 Å². The molecular formula is C15H16N4. The predicted octanol–water partition coefficient (Wildman–Crippen LogP) is 2.85. The van der Waals surface area contributed by atoms with Crippen LogP contribution in [-0.2, 0) is 13.0 Å². The lowest BCUT2D eigenvalue weighted by molar-refractivity contribution is 0.610. The van der Waals surface area contributed by atoms with Crippen molar-refractivity contribution >= 4 is 10.9 Å². The zero-order valence-electron chi connectivity index (χ0n) is 10.7. The second-order valence-electron chi connectivity index (χ2n) is 4.58. The molecule has 0 saturated carbocycles. The molecule has 4 nitrogen and oxygen atoms in total. The maximum Gasteiger partial charge on any atom is 0.150 e. The molecule has 0 unspecified atom stereocenters. The molecule has 96 valence electrons.